The van der Waals surface area contributed by atoms with Crippen molar-refractivity contribution in [2.75, 3.05) is 0 Å². The van der Waals surface area contributed by atoms with Gasteiger partial charge in [-0.3, -0.25) is 0 Å². The molecular formula is C120H178N8Si8. The smallest absolute Gasteiger partial charge is 0.164 e. The standard InChI is InChI=1S/C120H178N8Si8/c1-73(2)129(74(3)4,75(5)6)57-49-97-65-105-106(66-98(97)50-58-130(76(7)8,77(9)10)78(11)12)114-121-113(105)125-115-107-67-99(51-59-131(79(13)14,80(15)16)81(17)18)100(52-60-132(82(19)20,83(21)22)84(23)24)68-108(107)117(122-115)127-119-111-71-103(55-63-135(91(37)38,92(39)40)93(41)42)104(56-64-136(94(43)44,95(45)46)96(47)48)72-112(111)120(124-119)128-118-110-70-102(54-62-134(88(31)32,89(33)34)90(35)36)101(69-109(110)116(123-118)126-114)53-61-133(85(25)26,86(27)28)87(29)30/h65-96H,1-48H3,(H2,121,122,123,124,125,126,127,128). The van der Waals surface area contributed by atoms with Crippen LogP contribution >= 0.6 is 0 Å². The number of aromatic amines is 2. The lowest BCUT2D eigenvalue weighted by atomic mass is 9.98. The zero-order chi connectivity index (χ0) is 102. The molecule has 0 spiro atoms. The molecule has 0 amide bonds. The highest BCUT2D eigenvalue weighted by Gasteiger charge is 2.49. The molecule has 2 N–H and O–H groups in total. The van der Waals surface area contributed by atoms with E-state index in [2.05, 4.69) is 483 Å². The summed E-state index contributed by atoms with van der Waals surface area (Å²) in [5.74, 6) is 34.4. The normalized spacial score (nSPS) is 13.2. The predicted octanol–water partition coefficient (Wildman–Crippen LogP) is 35.4. The van der Waals surface area contributed by atoms with Gasteiger partial charge in [-0.25, -0.2) is 29.9 Å². The van der Waals surface area contributed by atoms with Crippen molar-refractivity contribution in [2.45, 2.75) is 465 Å². The van der Waals surface area contributed by atoms with E-state index in [1.54, 1.807) is 0 Å². The van der Waals surface area contributed by atoms with Crippen molar-refractivity contribution in [2.24, 2.45) is 0 Å². The van der Waals surface area contributed by atoms with E-state index in [1.165, 1.54) is 0 Å². The molecule has 4 aromatic carbocycles. The zero-order valence-electron chi connectivity index (χ0n) is 94.2. The Morgan fingerprint density at radius 2 is 0.265 bits per heavy atom. The van der Waals surface area contributed by atoms with Crippen LogP contribution in [0.2, 0.25) is 133 Å². The Hall–Kier alpha value is -7.54. The molecule has 9 rings (SSSR count). The number of hydrogen-bond acceptors (Lipinski definition) is 6. The largest absolute Gasteiger partial charge is 0.324 e. The number of aromatic nitrogens is 8. The Labute approximate surface area is 837 Å². The van der Waals surface area contributed by atoms with Gasteiger partial charge in [0.05, 0.1) is 0 Å². The van der Waals surface area contributed by atoms with Gasteiger partial charge in [0.1, 0.15) is 87.2 Å². The maximum Gasteiger partial charge on any atom is 0.164 e. The molecule has 0 unspecified atom stereocenters. The molecule has 16 heteroatoms. The van der Waals surface area contributed by atoms with Crippen LogP contribution in [0.3, 0.4) is 0 Å². The third-order valence-electron chi connectivity index (χ3n) is 34.6. The van der Waals surface area contributed by atoms with Crippen LogP contribution in [-0.4, -0.2) is 104 Å². The molecule has 8 nitrogen and oxygen atoms in total. The van der Waals surface area contributed by atoms with Gasteiger partial charge < -0.3 is 9.97 Å². The Bertz CT molecular complexity index is 5770. The summed E-state index contributed by atoms with van der Waals surface area (Å²) in [6, 6.07) is 18.3. The van der Waals surface area contributed by atoms with E-state index in [4.69, 9.17) is 29.9 Å². The zero-order valence-corrected chi connectivity index (χ0v) is 102. The van der Waals surface area contributed by atoms with Crippen molar-refractivity contribution in [1.82, 2.24) is 39.9 Å². The van der Waals surface area contributed by atoms with Crippen molar-refractivity contribution in [3.63, 3.8) is 0 Å². The van der Waals surface area contributed by atoms with E-state index in [0.717, 1.165) is 88.3 Å². The van der Waals surface area contributed by atoms with Crippen LogP contribution in [-0.2, 0) is 0 Å². The molecule has 2 aliphatic rings. The van der Waals surface area contributed by atoms with E-state index in [1.807, 2.05) is 0 Å². The van der Waals surface area contributed by atoms with Crippen molar-refractivity contribution in [1.29, 1.82) is 0 Å². The Kier molecular flexibility index (Phi) is 35.8. The summed E-state index contributed by atoms with van der Waals surface area (Å²) >= 11 is 0. The third-order valence-corrected chi connectivity index (χ3v) is 84.9. The quantitative estimate of drug-likeness (QED) is 0.0461. The lowest BCUT2D eigenvalue weighted by Gasteiger charge is -2.38. The summed E-state index contributed by atoms with van der Waals surface area (Å²) < 4.78 is 0. The number of benzene rings is 4. The second-order valence-corrected chi connectivity index (χ2v) is 93.2. The molecule has 0 saturated heterocycles. The van der Waals surface area contributed by atoms with Gasteiger partial charge in [0, 0.05) is 88.3 Å². The van der Waals surface area contributed by atoms with Gasteiger partial charge in [-0.2, -0.15) is 0 Å². The van der Waals surface area contributed by atoms with Crippen LogP contribution in [0.25, 0.3) is 89.7 Å². The molecule has 0 saturated carbocycles. The first kappa shape index (κ1) is 112. The molecule has 0 radical (unpaired) electrons. The van der Waals surface area contributed by atoms with Gasteiger partial charge in [0.25, 0.3) is 0 Å². The number of hydrogen-bond donors (Lipinski definition) is 2. The minimum Gasteiger partial charge on any atom is -0.324 e. The van der Waals surface area contributed by atoms with Gasteiger partial charge >= 0.3 is 0 Å². The second-order valence-electron chi connectivity index (χ2n) is 48.6. The van der Waals surface area contributed by atoms with Crippen LogP contribution in [0.15, 0.2) is 48.5 Å². The first-order chi connectivity index (χ1) is 63.1. The minimum atomic E-state index is -2.37. The highest BCUT2D eigenvalue weighted by Crippen LogP contribution is 2.51. The van der Waals surface area contributed by atoms with Crippen LogP contribution in [0.1, 0.15) is 377 Å². The highest BCUT2D eigenvalue weighted by molar-refractivity contribution is 6.94. The molecule has 7 aromatic rings. The van der Waals surface area contributed by atoms with E-state index in [9.17, 15) is 0 Å². The molecule has 0 aliphatic carbocycles. The Balaban J connectivity index is 1.74. The summed E-state index contributed by atoms with van der Waals surface area (Å²) in [6.07, 6.45) is 0. The fourth-order valence-corrected chi connectivity index (χ4v) is 69.4. The van der Waals surface area contributed by atoms with E-state index in [-0.39, 0.29) is 0 Å². The number of nitrogens with one attached hydrogen (secondary N) is 2. The third kappa shape index (κ3) is 20.4. The molecule has 2 aliphatic heterocycles. The molecule has 5 heterocycles. The second kappa shape index (κ2) is 43.5. The first-order valence-electron chi connectivity index (χ1n) is 52.9. The van der Waals surface area contributed by atoms with Gasteiger partial charge in [-0.15, -0.1) is 44.3 Å². The van der Waals surface area contributed by atoms with Gasteiger partial charge in [0.2, 0.25) is 0 Å². The molecule has 730 valence electrons. The predicted molar refractivity (Wildman–Crippen MR) is 619 cm³/mol. The topological polar surface area (TPSA) is 109 Å². The average molecular weight is 1960 g/mol. The summed E-state index contributed by atoms with van der Waals surface area (Å²) in [7, 11) is -18.9. The molecule has 8 bridgehead atoms. The van der Waals surface area contributed by atoms with Crippen LogP contribution < -0.4 is 0 Å². The monoisotopic (exact) mass is 1960 g/mol. The number of fused-ring (bicyclic) bond motifs is 20. The summed E-state index contributed by atoms with van der Waals surface area (Å²) in [5.41, 5.74) is 55.9. The van der Waals surface area contributed by atoms with Crippen LogP contribution in [0, 0.1) is 91.7 Å². The van der Waals surface area contributed by atoms with E-state index >= 15 is 0 Å². The van der Waals surface area contributed by atoms with Crippen molar-refractivity contribution in [3.8, 4) is 137 Å². The number of nitrogens with zero attached hydrogens (tertiary/aromatic N) is 6. The van der Waals surface area contributed by atoms with Gasteiger partial charge in [-0.05, 0) is 182 Å². The molecule has 0 fully saturated rings. The average Bonchev–Trinajstić information content (AvgIpc) is 1.58. The molecule has 136 heavy (non-hydrogen) atoms. The Morgan fingerprint density at radius 1 is 0.154 bits per heavy atom. The maximum atomic E-state index is 6.09. The van der Waals surface area contributed by atoms with Gasteiger partial charge in [-0.1, -0.05) is 380 Å². The summed E-state index contributed by atoms with van der Waals surface area (Å²) in [4.78, 5) is 44.0. The summed E-state index contributed by atoms with van der Waals surface area (Å²) in [5, 5.41) is 3.42. The SMILES string of the molecule is CC(C)[Si](C#Cc1cc2c(cc1C#C[Si](C(C)C)(C(C)C)C(C)C)-c1nc-2nc2nc(nc3[nH]c(nc4[nH]c(n1)c1cc(C#C[Si](C(C)C)(C(C)C)C(C)C)c(C#C[Si](C(C)C)(C(C)C)C(C)C)cc41)c1cc(C#C[Si](C(C)C)(C(C)C)C(C)C)c(C#C[Si](C(C)C)(C(C)C)C(C)C)cc31)-c1cc(C#C[Si](C(C)C)(C(C)C)C(C)C)c(C#C[Si](C(C)C)(C(C)C)C(C)C)cc1-2)(C(C)C)C(C)C. The lowest BCUT2D eigenvalue weighted by molar-refractivity contribution is 0.838. The van der Waals surface area contributed by atoms with Gasteiger partial charge in [0.15, 0.2) is 23.3 Å². The summed E-state index contributed by atoms with van der Waals surface area (Å²) in [6.45, 7) is 116. The van der Waals surface area contributed by atoms with Crippen LogP contribution in [0.5, 0.6) is 0 Å². The highest BCUT2D eigenvalue weighted by atomic mass is 28.3. The lowest BCUT2D eigenvalue weighted by Crippen LogP contribution is -2.43. The van der Waals surface area contributed by atoms with Crippen LogP contribution in [0.4, 0.5) is 0 Å². The molecule has 0 atom stereocenters. The first-order valence-corrected chi connectivity index (χ1v) is 70.8. The van der Waals surface area contributed by atoms with Crippen molar-refractivity contribution < 1.29 is 0 Å². The number of rotatable bonds is 24. The Morgan fingerprint density at radius 3 is 0.390 bits per heavy atom. The molecule has 3 aromatic heterocycles. The maximum absolute atomic E-state index is 6.09. The fourth-order valence-electron chi connectivity index (χ4n) is 27.7. The fraction of sp³-hybridized carbons (Fsp3) is 0.600. The van der Waals surface area contributed by atoms with Crippen molar-refractivity contribution in [3.05, 3.63) is 93.0 Å². The number of H-pyrrole nitrogens is 2. The molecular weight excluding hydrogens is 1780 g/mol. The minimum absolute atomic E-state index is 0.388. The van der Waals surface area contributed by atoms with Crippen molar-refractivity contribution >= 4 is 109 Å². The van der Waals surface area contributed by atoms with E-state index in [0.29, 0.717) is 179 Å². The van der Waals surface area contributed by atoms with E-state index < -0.39 is 64.6 Å².